The molecule has 0 amide bonds. The van der Waals surface area contributed by atoms with Gasteiger partial charge in [0, 0.05) is 13.0 Å². The van der Waals surface area contributed by atoms with E-state index in [1.807, 2.05) is 0 Å². The molecule has 1 aliphatic rings. The Bertz CT molecular complexity index is 835. The average molecular weight is 363 g/mol. The first-order valence-electron chi connectivity index (χ1n) is 8.64. The van der Waals surface area contributed by atoms with Crippen LogP contribution in [0.4, 0.5) is 5.69 Å². The van der Waals surface area contributed by atoms with Crippen LogP contribution in [0, 0.1) is 0 Å². The zero-order valence-corrected chi connectivity index (χ0v) is 15.8. The van der Waals surface area contributed by atoms with Crippen molar-refractivity contribution in [2.24, 2.45) is 0 Å². The molecule has 0 spiro atoms. The van der Waals surface area contributed by atoms with Gasteiger partial charge in [0.05, 0.1) is 23.2 Å². The van der Waals surface area contributed by atoms with Crippen LogP contribution in [-0.4, -0.2) is 32.9 Å². The molecule has 0 aromatic carbocycles. The molecule has 136 valence electrons. The molecule has 0 radical (unpaired) electrons. The summed E-state index contributed by atoms with van der Waals surface area (Å²) in [4.78, 5) is 4.13. The van der Waals surface area contributed by atoms with E-state index in [-0.39, 0.29) is 5.03 Å². The summed E-state index contributed by atoms with van der Waals surface area (Å²) in [5.41, 5.74) is 0.763. The van der Waals surface area contributed by atoms with Gasteiger partial charge in [-0.3, -0.25) is 0 Å². The van der Waals surface area contributed by atoms with E-state index in [2.05, 4.69) is 25.1 Å². The Morgan fingerprint density at radius 2 is 1.96 bits per heavy atom. The highest BCUT2D eigenvalue weighted by Gasteiger charge is 2.31. The highest BCUT2D eigenvalue weighted by atomic mass is 32.2. The second kappa shape index (κ2) is 6.74. The lowest BCUT2D eigenvalue weighted by Gasteiger charge is -2.18. The molecule has 1 aliphatic heterocycles. The predicted octanol–water partition coefficient (Wildman–Crippen LogP) is 2.58. The summed E-state index contributed by atoms with van der Waals surface area (Å²) in [7, 11) is -3.43. The number of fused-ring (bicyclic) bond motifs is 1. The van der Waals surface area contributed by atoms with Crippen LogP contribution >= 0.6 is 0 Å². The van der Waals surface area contributed by atoms with Crippen molar-refractivity contribution in [2.75, 3.05) is 5.32 Å². The summed E-state index contributed by atoms with van der Waals surface area (Å²) in [6.45, 7) is 6.52. The van der Waals surface area contributed by atoms with Crippen molar-refractivity contribution >= 4 is 15.5 Å². The van der Waals surface area contributed by atoms with Crippen LogP contribution < -0.4 is 5.32 Å². The molecule has 0 saturated carbocycles. The fourth-order valence-electron chi connectivity index (χ4n) is 2.81. The van der Waals surface area contributed by atoms with E-state index in [4.69, 9.17) is 0 Å². The lowest BCUT2D eigenvalue weighted by atomic mass is 10.2. The Balaban J connectivity index is 1.70. The first-order valence-corrected chi connectivity index (χ1v) is 10.1. The molecule has 2 aromatic heterocycles. The molecule has 0 unspecified atom stereocenters. The van der Waals surface area contributed by atoms with E-state index in [0.717, 1.165) is 36.7 Å². The largest absolute Gasteiger partial charge is 0.376 e. The molecule has 1 N–H and O–H groups in total. The van der Waals surface area contributed by atoms with Gasteiger partial charge >= 0.3 is 0 Å². The summed E-state index contributed by atoms with van der Waals surface area (Å²) in [6, 6.07) is 3.29. The topological polar surface area (TPSA) is 89.8 Å². The standard InChI is InChI=1S/C17H25N5O2S/c1-17(2,3)25(23,24)16-9-8-13(11-19-16)18-12-15-21-20-14-7-5-4-6-10-22(14)15/h8-9,11,18H,4-7,10,12H2,1-3H3. The summed E-state index contributed by atoms with van der Waals surface area (Å²) in [6.07, 6.45) is 6.08. The molecule has 8 heteroatoms. The second-order valence-corrected chi connectivity index (χ2v) is 10.00. The number of aromatic nitrogens is 4. The van der Waals surface area contributed by atoms with Gasteiger partial charge in [-0.1, -0.05) is 6.42 Å². The molecular weight excluding hydrogens is 338 g/mol. The number of aryl methyl sites for hydroxylation is 1. The molecule has 0 bridgehead atoms. The van der Waals surface area contributed by atoms with Crippen molar-refractivity contribution in [1.29, 1.82) is 0 Å². The van der Waals surface area contributed by atoms with E-state index in [9.17, 15) is 8.42 Å². The second-order valence-electron chi connectivity index (χ2n) is 7.35. The quantitative estimate of drug-likeness (QED) is 0.898. The summed E-state index contributed by atoms with van der Waals surface area (Å²) >= 11 is 0. The molecule has 0 fully saturated rings. The third-order valence-corrected chi connectivity index (χ3v) is 6.86. The van der Waals surface area contributed by atoms with Crippen LogP contribution in [0.25, 0.3) is 0 Å². The fourth-order valence-corrected chi connectivity index (χ4v) is 3.88. The molecule has 3 heterocycles. The van der Waals surface area contributed by atoms with Crippen LogP contribution in [0.15, 0.2) is 23.4 Å². The average Bonchev–Trinajstić information content (AvgIpc) is 2.79. The van der Waals surface area contributed by atoms with Crippen LogP contribution in [-0.2, 0) is 29.3 Å². The molecular formula is C17H25N5O2S. The van der Waals surface area contributed by atoms with E-state index >= 15 is 0 Å². The molecule has 3 rings (SSSR count). The Morgan fingerprint density at radius 1 is 1.16 bits per heavy atom. The summed E-state index contributed by atoms with van der Waals surface area (Å²) < 4.78 is 26.1. The Kier molecular flexibility index (Phi) is 4.81. The van der Waals surface area contributed by atoms with Crippen molar-refractivity contribution in [3.05, 3.63) is 30.0 Å². The van der Waals surface area contributed by atoms with E-state index in [1.54, 1.807) is 39.1 Å². The fraction of sp³-hybridized carbons (Fsp3) is 0.588. The van der Waals surface area contributed by atoms with Gasteiger partial charge in [0.15, 0.2) is 20.7 Å². The Morgan fingerprint density at radius 3 is 2.64 bits per heavy atom. The van der Waals surface area contributed by atoms with Gasteiger partial charge in [-0.05, 0) is 45.7 Å². The van der Waals surface area contributed by atoms with E-state index in [0.29, 0.717) is 6.54 Å². The van der Waals surface area contributed by atoms with Gasteiger partial charge in [-0.2, -0.15) is 0 Å². The van der Waals surface area contributed by atoms with Gasteiger partial charge in [0.25, 0.3) is 0 Å². The smallest absolute Gasteiger partial charge is 0.200 e. The zero-order valence-electron chi connectivity index (χ0n) is 15.0. The number of hydrogen-bond acceptors (Lipinski definition) is 6. The maximum Gasteiger partial charge on any atom is 0.200 e. The number of rotatable bonds is 4. The molecule has 2 aromatic rings. The number of anilines is 1. The molecule has 25 heavy (non-hydrogen) atoms. The van der Waals surface area contributed by atoms with Gasteiger partial charge in [-0.15, -0.1) is 10.2 Å². The Labute approximate surface area is 148 Å². The lowest BCUT2D eigenvalue weighted by Crippen LogP contribution is -2.28. The van der Waals surface area contributed by atoms with Crippen molar-refractivity contribution in [3.8, 4) is 0 Å². The minimum atomic E-state index is -3.43. The predicted molar refractivity (Wildman–Crippen MR) is 96.1 cm³/mol. The van der Waals surface area contributed by atoms with Crippen molar-refractivity contribution in [2.45, 2.75) is 69.3 Å². The number of hydrogen-bond donors (Lipinski definition) is 1. The van der Waals surface area contributed by atoms with Crippen LogP contribution in [0.5, 0.6) is 0 Å². The number of pyridine rings is 1. The van der Waals surface area contributed by atoms with Crippen LogP contribution in [0.3, 0.4) is 0 Å². The molecule has 7 nitrogen and oxygen atoms in total. The summed E-state index contributed by atoms with van der Waals surface area (Å²) in [5, 5.41) is 11.9. The first-order chi connectivity index (χ1) is 11.8. The highest BCUT2D eigenvalue weighted by molar-refractivity contribution is 7.92. The molecule has 0 atom stereocenters. The summed E-state index contributed by atoms with van der Waals surface area (Å²) in [5.74, 6) is 1.96. The van der Waals surface area contributed by atoms with Crippen molar-refractivity contribution in [1.82, 2.24) is 19.7 Å². The first kappa shape index (κ1) is 17.8. The minimum absolute atomic E-state index is 0.0990. The third kappa shape index (κ3) is 3.68. The van der Waals surface area contributed by atoms with Gasteiger partial charge in [0.1, 0.15) is 5.82 Å². The number of sulfone groups is 1. The number of nitrogens with one attached hydrogen (secondary N) is 1. The van der Waals surface area contributed by atoms with Crippen molar-refractivity contribution < 1.29 is 8.42 Å². The molecule has 0 aliphatic carbocycles. The molecule has 0 saturated heterocycles. The highest BCUT2D eigenvalue weighted by Crippen LogP contribution is 2.24. The lowest BCUT2D eigenvalue weighted by molar-refractivity contribution is 0.556. The third-order valence-electron chi connectivity index (χ3n) is 4.45. The SMILES string of the molecule is CC(C)(C)S(=O)(=O)c1ccc(NCc2nnc3n2CCCCC3)cn1. The normalized spacial score (nSPS) is 15.5. The van der Waals surface area contributed by atoms with Crippen LogP contribution in [0.2, 0.25) is 0 Å². The number of nitrogens with zero attached hydrogens (tertiary/aromatic N) is 4. The van der Waals surface area contributed by atoms with Gasteiger partial charge in [-0.25, -0.2) is 13.4 Å². The zero-order chi connectivity index (χ0) is 18.1. The van der Waals surface area contributed by atoms with Gasteiger partial charge in [0.2, 0.25) is 0 Å². The Hall–Kier alpha value is -1.96. The van der Waals surface area contributed by atoms with E-state index < -0.39 is 14.6 Å². The minimum Gasteiger partial charge on any atom is -0.376 e. The van der Waals surface area contributed by atoms with Gasteiger partial charge < -0.3 is 9.88 Å². The maximum absolute atomic E-state index is 12.4. The maximum atomic E-state index is 12.4. The van der Waals surface area contributed by atoms with E-state index in [1.165, 1.54) is 12.8 Å². The monoisotopic (exact) mass is 363 g/mol. The van der Waals surface area contributed by atoms with Crippen LogP contribution in [0.1, 0.15) is 51.7 Å². The van der Waals surface area contributed by atoms with Crippen molar-refractivity contribution in [3.63, 3.8) is 0 Å².